The number of nitrogens with one attached hydrogen (secondary N) is 2. The summed E-state index contributed by atoms with van der Waals surface area (Å²) in [5.74, 6) is 0.480. The van der Waals surface area contributed by atoms with Crippen LogP contribution in [0.3, 0.4) is 0 Å². The molecule has 0 aliphatic carbocycles. The van der Waals surface area contributed by atoms with E-state index in [1.165, 1.54) is 44.1 Å². The molecule has 5 aromatic rings. The Morgan fingerprint density at radius 1 is 0.723 bits per heavy atom. The quantitative estimate of drug-likeness (QED) is 0.0424. The van der Waals surface area contributed by atoms with Crippen LogP contribution in [0.25, 0.3) is 5.82 Å². The number of aryl methyl sites for hydroxylation is 2. The van der Waals surface area contributed by atoms with Crippen molar-refractivity contribution < 1.29 is 69.1 Å². The number of rotatable bonds is 31. The number of ether oxygens (including phenoxy) is 8. The van der Waals surface area contributed by atoms with Gasteiger partial charge >= 0.3 is 5.97 Å². The Hall–Kier alpha value is -6.52. The van der Waals surface area contributed by atoms with Gasteiger partial charge in [0.25, 0.3) is 21.8 Å². The number of hydrogen-bond acceptors (Lipinski definition) is 19. The second kappa shape index (κ2) is 29.3. The molecular weight excluding hydrogens is 1110 g/mol. The van der Waals surface area contributed by atoms with Crippen LogP contribution in [-0.2, 0) is 60.3 Å². The first-order chi connectivity index (χ1) is 39.5. The van der Waals surface area contributed by atoms with Crippen LogP contribution >= 0.6 is 0 Å². The highest BCUT2D eigenvalue weighted by Gasteiger charge is 2.40. The molecule has 2 saturated heterocycles. The van der Waals surface area contributed by atoms with Gasteiger partial charge in [-0.25, -0.2) is 31.2 Å². The molecule has 0 bridgehead atoms. The zero-order valence-electron chi connectivity index (χ0n) is 48.7. The summed E-state index contributed by atoms with van der Waals surface area (Å²) in [4.78, 5) is 45.0. The molecule has 0 unspecified atom stereocenters. The first-order valence-electron chi connectivity index (χ1n) is 27.8. The van der Waals surface area contributed by atoms with Gasteiger partial charge in [0.1, 0.15) is 41.8 Å². The Kier molecular flexibility index (Phi) is 22.6. The third kappa shape index (κ3) is 18.7. The number of carbonyl (C=O) groups is 3. The number of pyridine rings is 1. The van der Waals surface area contributed by atoms with Crippen molar-refractivity contribution >= 4 is 43.6 Å². The molecule has 2 aromatic carbocycles. The number of carbonyl (C=O) groups excluding carboxylic acids is 3. The van der Waals surface area contributed by atoms with Crippen molar-refractivity contribution in [2.24, 2.45) is 13.0 Å². The Balaban J connectivity index is 0.684. The third-order valence-electron chi connectivity index (χ3n) is 13.6. The standard InChI is InChI=1S/C57H79N9O15S2/c1-41-37-57(6,7)65(39-41)53-48(55(69)62-82(70,71)49-40-63(8)60-42(49)2)17-18-50(59-53)66-24-21-51(61-66)80-36-34-78-32-30-76-28-26-74-25-27-75-29-31-77-33-35-79-46-13-9-43(10-14-46)44-19-22-64(23-20-44)83(72,73)47-15-11-45(12-16-47)54(68)58-38-52(67)81-56(3,4)5/h9-18,21,24,40-41,44H,19-20,22-23,25-39H2,1-8H3,(H,58,68)(H,62,69)/t41-/m0/s1. The Morgan fingerprint density at radius 3 is 1.84 bits per heavy atom. The van der Waals surface area contributed by atoms with Crippen molar-refractivity contribution in [1.82, 2.24) is 38.9 Å². The van der Waals surface area contributed by atoms with Crippen LogP contribution in [0.5, 0.6) is 11.6 Å². The second-order valence-corrected chi connectivity index (χ2v) is 25.4. The van der Waals surface area contributed by atoms with Crippen molar-refractivity contribution in [3.8, 4) is 17.4 Å². The van der Waals surface area contributed by atoms with Crippen LogP contribution in [0.2, 0.25) is 0 Å². The summed E-state index contributed by atoms with van der Waals surface area (Å²) < 4.78 is 105. The van der Waals surface area contributed by atoms with Crippen molar-refractivity contribution in [3.63, 3.8) is 0 Å². The number of benzene rings is 2. The van der Waals surface area contributed by atoms with Gasteiger partial charge in [0.05, 0.1) is 82.2 Å². The highest BCUT2D eigenvalue weighted by molar-refractivity contribution is 7.90. The number of nitrogens with zero attached hydrogens (tertiary/aromatic N) is 7. The fourth-order valence-corrected chi connectivity index (χ4v) is 12.4. The van der Waals surface area contributed by atoms with E-state index in [9.17, 15) is 31.2 Å². The molecule has 0 radical (unpaired) electrons. The van der Waals surface area contributed by atoms with Gasteiger partial charge in [0, 0.05) is 56.2 Å². The van der Waals surface area contributed by atoms with Gasteiger partial charge in [-0.1, -0.05) is 19.1 Å². The molecule has 1 atom stereocenters. The minimum atomic E-state index is -4.21. The van der Waals surface area contributed by atoms with Gasteiger partial charge in [-0.3, -0.25) is 19.1 Å². The monoisotopic (exact) mass is 1190 g/mol. The number of amides is 2. The van der Waals surface area contributed by atoms with Crippen molar-refractivity contribution in [1.29, 1.82) is 0 Å². The molecule has 454 valence electrons. The van der Waals surface area contributed by atoms with E-state index in [4.69, 9.17) is 42.9 Å². The maximum atomic E-state index is 13.7. The Bertz CT molecular complexity index is 3160. The first kappa shape index (κ1) is 64.0. The van der Waals surface area contributed by atoms with Gasteiger partial charge in [-0.2, -0.15) is 9.40 Å². The number of anilines is 1. The molecule has 24 nitrogen and oxygen atoms in total. The smallest absolute Gasteiger partial charge is 0.325 e. The zero-order valence-corrected chi connectivity index (χ0v) is 50.3. The van der Waals surface area contributed by atoms with E-state index in [-0.39, 0.29) is 51.2 Å². The van der Waals surface area contributed by atoms with Gasteiger partial charge in [-0.05, 0) is 127 Å². The topological polar surface area (TPSA) is 272 Å². The molecule has 83 heavy (non-hydrogen) atoms. The van der Waals surface area contributed by atoms with Crippen molar-refractivity contribution in [2.75, 3.05) is 110 Å². The lowest BCUT2D eigenvalue weighted by Crippen LogP contribution is -2.41. The fourth-order valence-electron chi connectivity index (χ4n) is 9.72. The average molecular weight is 1190 g/mol. The normalized spacial score (nSPS) is 16.0. The largest absolute Gasteiger partial charge is 0.491 e. The lowest BCUT2D eigenvalue weighted by atomic mass is 9.90. The van der Waals surface area contributed by atoms with Gasteiger partial charge < -0.3 is 48.1 Å². The molecule has 5 heterocycles. The third-order valence-corrected chi connectivity index (χ3v) is 16.9. The van der Waals surface area contributed by atoms with Crippen LogP contribution < -0.4 is 24.4 Å². The molecule has 7 rings (SSSR count). The van der Waals surface area contributed by atoms with Crippen molar-refractivity contribution in [2.45, 2.75) is 94.6 Å². The van der Waals surface area contributed by atoms with E-state index < -0.39 is 43.4 Å². The fraction of sp³-hybridized carbons (Fsp3) is 0.544. The summed E-state index contributed by atoms with van der Waals surface area (Å²) in [6.45, 7) is 18.6. The second-order valence-electron chi connectivity index (χ2n) is 21.9. The first-order valence-corrected chi connectivity index (χ1v) is 30.7. The maximum absolute atomic E-state index is 13.7. The summed E-state index contributed by atoms with van der Waals surface area (Å²) in [5.41, 5.74) is 0.717. The molecule has 2 fully saturated rings. The van der Waals surface area contributed by atoms with Crippen LogP contribution in [-0.4, -0.2) is 180 Å². The highest BCUT2D eigenvalue weighted by atomic mass is 32.2. The Morgan fingerprint density at radius 2 is 1.30 bits per heavy atom. The van der Waals surface area contributed by atoms with E-state index in [0.717, 1.165) is 12.0 Å². The lowest BCUT2D eigenvalue weighted by Gasteiger charge is -2.34. The van der Waals surface area contributed by atoms with E-state index in [1.54, 1.807) is 59.1 Å². The zero-order chi connectivity index (χ0) is 59.8. The number of aromatic nitrogens is 5. The number of piperidine rings is 1. The summed E-state index contributed by atoms with van der Waals surface area (Å²) in [6, 6.07) is 18.4. The summed E-state index contributed by atoms with van der Waals surface area (Å²) in [7, 11) is -6.35. The molecular formula is C57H79N9O15S2. The minimum Gasteiger partial charge on any atom is -0.491 e. The number of esters is 1. The molecule has 0 spiro atoms. The molecule has 3 aromatic heterocycles. The lowest BCUT2D eigenvalue weighted by molar-refractivity contribution is -0.153. The van der Waals surface area contributed by atoms with E-state index in [2.05, 4.69) is 41.0 Å². The Labute approximate surface area is 486 Å². The SMILES string of the molecule is Cc1nn(C)cc1S(=O)(=O)NC(=O)c1ccc(-n2ccc(OCCOCCOCCOCCOCCOCCOc3ccc(C4CCN(S(=O)(=O)c5ccc(C(=O)NCC(=O)OC(C)(C)C)cc5)CC4)cc3)n2)nc1N1C[C@@H](C)CC1(C)C. The van der Waals surface area contributed by atoms with Gasteiger partial charge in [0.15, 0.2) is 5.82 Å². The molecule has 2 aliphatic rings. The molecule has 0 saturated carbocycles. The van der Waals surface area contributed by atoms with Crippen LogP contribution in [0, 0.1) is 12.8 Å². The number of hydrogen-bond donors (Lipinski definition) is 2. The van der Waals surface area contributed by atoms with Crippen LogP contribution in [0.15, 0.2) is 88.9 Å². The van der Waals surface area contributed by atoms with E-state index in [0.29, 0.717) is 134 Å². The highest BCUT2D eigenvalue weighted by Crippen LogP contribution is 2.38. The van der Waals surface area contributed by atoms with Crippen LogP contribution in [0.4, 0.5) is 5.82 Å². The molecule has 2 aliphatic heterocycles. The number of sulfonamides is 2. The van der Waals surface area contributed by atoms with Crippen LogP contribution in [0.1, 0.15) is 98.7 Å². The predicted octanol–water partition coefficient (Wildman–Crippen LogP) is 5.23. The summed E-state index contributed by atoms with van der Waals surface area (Å²) >= 11 is 0. The van der Waals surface area contributed by atoms with E-state index >= 15 is 0 Å². The molecule has 2 N–H and O–H groups in total. The molecule has 2 amide bonds. The predicted molar refractivity (Wildman–Crippen MR) is 306 cm³/mol. The molecule has 26 heteroatoms. The van der Waals surface area contributed by atoms with Gasteiger partial charge in [0.2, 0.25) is 15.9 Å². The summed E-state index contributed by atoms with van der Waals surface area (Å²) in [5, 5.41) is 11.1. The maximum Gasteiger partial charge on any atom is 0.325 e. The summed E-state index contributed by atoms with van der Waals surface area (Å²) in [6.07, 6.45) is 5.23. The van der Waals surface area contributed by atoms with E-state index in [1.807, 2.05) is 29.2 Å². The minimum absolute atomic E-state index is 0.0801. The van der Waals surface area contributed by atoms with Crippen molar-refractivity contribution in [3.05, 3.63) is 102 Å². The average Bonchev–Trinajstić information content (AvgIpc) is 2.85. The van der Waals surface area contributed by atoms with Gasteiger partial charge in [-0.15, -0.1) is 5.10 Å².